The number of nitrogens with one attached hydrogen (secondary N) is 1. The molecule has 0 saturated heterocycles. The number of thiazole rings is 1. The molecule has 1 aliphatic rings. The molecule has 0 spiro atoms. The first-order chi connectivity index (χ1) is 12.8. The third-order valence-corrected chi connectivity index (χ3v) is 5.01. The zero-order valence-electron chi connectivity index (χ0n) is 13.7. The highest BCUT2D eigenvalue weighted by atomic mass is 32.1. The molecule has 136 valence electrons. The van der Waals surface area contributed by atoms with Gasteiger partial charge in [0.25, 0.3) is 0 Å². The number of nitrogens with zero attached hydrogens (tertiary/aromatic N) is 2. The maximum absolute atomic E-state index is 13.0. The molecular formula is C19H12F3N3OS. The minimum absolute atomic E-state index is 0.0775. The van der Waals surface area contributed by atoms with E-state index >= 15 is 0 Å². The summed E-state index contributed by atoms with van der Waals surface area (Å²) in [6.07, 6.45) is -1.17. The lowest BCUT2D eigenvalue weighted by atomic mass is 10.1. The number of allylic oxidation sites excluding steroid dienone is 1. The summed E-state index contributed by atoms with van der Waals surface area (Å²) in [6, 6.07) is 12.0. The predicted octanol–water partition coefficient (Wildman–Crippen LogP) is 5.00. The molecule has 4 rings (SSSR count). The number of aromatic nitrogens is 1. The van der Waals surface area contributed by atoms with Crippen molar-refractivity contribution in [3.05, 3.63) is 69.3 Å². The Labute approximate surface area is 155 Å². The van der Waals surface area contributed by atoms with Crippen LogP contribution in [0.4, 0.5) is 18.9 Å². The second-order valence-corrected chi connectivity index (χ2v) is 6.88. The molecule has 0 aliphatic carbocycles. The first-order valence-corrected chi connectivity index (χ1v) is 8.68. The fraction of sp³-hybridized carbons (Fsp3) is 0.0526. The second kappa shape index (κ2) is 6.24. The van der Waals surface area contributed by atoms with E-state index in [0.717, 1.165) is 44.9 Å². The van der Waals surface area contributed by atoms with E-state index in [4.69, 9.17) is 5.41 Å². The van der Waals surface area contributed by atoms with E-state index in [0.29, 0.717) is 4.88 Å². The molecule has 3 aromatic rings. The third-order valence-electron chi connectivity index (χ3n) is 4.12. The molecule has 0 fully saturated rings. The highest BCUT2D eigenvalue weighted by Crippen LogP contribution is 2.35. The topological polar surface area (TPSA) is 61.4 Å². The van der Waals surface area contributed by atoms with Crippen molar-refractivity contribution in [3.63, 3.8) is 0 Å². The lowest BCUT2D eigenvalue weighted by molar-refractivity contribution is -0.137. The van der Waals surface area contributed by atoms with Gasteiger partial charge in [-0.15, -0.1) is 0 Å². The van der Waals surface area contributed by atoms with Crippen LogP contribution in [-0.4, -0.2) is 15.9 Å². The van der Waals surface area contributed by atoms with Gasteiger partial charge in [-0.1, -0.05) is 35.6 Å². The summed E-state index contributed by atoms with van der Waals surface area (Å²) in [5.74, 6) is -0.283. The quantitative estimate of drug-likeness (QED) is 0.639. The van der Waals surface area contributed by atoms with Gasteiger partial charge in [-0.2, -0.15) is 13.2 Å². The maximum Gasteiger partial charge on any atom is 0.416 e. The van der Waals surface area contributed by atoms with Crippen LogP contribution in [0.15, 0.2) is 53.5 Å². The Hall–Kier alpha value is -3.13. The van der Waals surface area contributed by atoms with Gasteiger partial charge in [0, 0.05) is 17.4 Å². The lowest BCUT2D eigenvalue weighted by Gasteiger charge is -2.10. The van der Waals surface area contributed by atoms with E-state index in [-0.39, 0.29) is 16.4 Å². The van der Waals surface area contributed by atoms with Crippen molar-refractivity contribution in [2.45, 2.75) is 6.18 Å². The minimum Gasteiger partial charge on any atom is -0.493 e. The van der Waals surface area contributed by atoms with Crippen LogP contribution in [0.25, 0.3) is 17.3 Å². The number of benzene rings is 2. The van der Waals surface area contributed by atoms with Gasteiger partial charge in [-0.05, 0) is 30.3 Å². The summed E-state index contributed by atoms with van der Waals surface area (Å²) >= 11 is 0.971. The van der Waals surface area contributed by atoms with E-state index < -0.39 is 11.7 Å². The van der Waals surface area contributed by atoms with Crippen molar-refractivity contribution in [2.75, 3.05) is 0 Å². The number of halogens is 3. The van der Waals surface area contributed by atoms with Crippen molar-refractivity contribution < 1.29 is 18.3 Å². The summed E-state index contributed by atoms with van der Waals surface area (Å²) < 4.78 is 40.0. The zero-order valence-corrected chi connectivity index (χ0v) is 14.5. The standard InChI is InChI=1S/C19H12F3N3OS/c20-19(21,22)12-4-3-5-13(9-12)25-17(26)16(27-18(25)23)8-11-10-24-15-7-2-1-6-14(11)15/h1-10,23,26H. The Balaban J connectivity index is 1.80. The molecule has 1 aromatic heterocycles. The van der Waals surface area contributed by atoms with Gasteiger partial charge in [0.15, 0.2) is 4.80 Å². The average Bonchev–Trinajstić information content (AvgIpc) is 3.16. The van der Waals surface area contributed by atoms with Gasteiger partial charge in [0.05, 0.1) is 21.8 Å². The highest BCUT2D eigenvalue weighted by molar-refractivity contribution is 7.10. The van der Waals surface area contributed by atoms with Crippen LogP contribution in [0.2, 0.25) is 0 Å². The molecule has 0 radical (unpaired) electrons. The van der Waals surface area contributed by atoms with Gasteiger partial charge >= 0.3 is 6.18 Å². The first-order valence-electron chi connectivity index (χ1n) is 7.87. The average molecular weight is 387 g/mol. The molecule has 2 aromatic carbocycles. The summed E-state index contributed by atoms with van der Waals surface area (Å²) in [5, 5.41) is 18.6. The number of fused-ring (bicyclic) bond motifs is 1. The van der Waals surface area contributed by atoms with Crippen molar-refractivity contribution >= 4 is 34.9 Å². The van der Waals surface area contributed by atoms with Crippen LogP contribution >= 0.6 is 11.3 Å². The second-order valence-electron chi connectivity index (χ2n) is 5.85. The largest absolute Gasteiger partial charge is 0.493 e. The highest BCUT2D eigenvalue weighted by Gasteiger charge is 2.30. The summed E-state index contributed by atoms with van der Waals surface area (Å²) in [7, 11) is 0. The lowest BCUT2D eigenvalue weighted by Crippen LogP contribution is -2.12. The van der Waals surface area contributed by atoms with Gasteiger partial charge in [-0.25, -0.2) is 0 Å². The zero-order chi connectivity index (χ0) is 19.2. The molecule has 2 N–H and O–H groups in total. The Morgan fingerprint density at radius 1 is 1.11 bits per heavy atom. The fourth-order valence-corrected chi connectivity index (χ4v) is 3.71. The Bertz CT molecular complexity index is 1160. The van der Waals surface area contributed by atoms with E-state index in [1.54, 1.807) is 12.3 Å². The van der Waals surface area contributed by atoms with Crippen LogP contribution in [0.3, 0.4) is 0 Å². The molecule has 0 atom stereocenters. The van der Waals surface area contributed by atoms with Crippen LogP contribution < -0.4 is 4.80 Å². The number of rotatable bonds is 2. The van der Waals surface area contributed by atoms with E-state index in [2.05, 4.69) is 4.99 Å². The molecule has 4 nitrogen and oxygen atoms in total. The van der Waals surface area contributed by atoms with E-state index in [9.17, 15) is 18.3 Å². The molecule has 0 saturated carbocycles. The third kappa shape index (κ3) is 3.08. The molecule has 2 heterocycles. The number of para-hydroxylation sites is 1. The fourth-order valence-electron chi connectivity index (χ4n) is 2.85. The monoisotopic (exact) mass is 387 g/mol. The molecule has 27 heavy (non-hydrogen) atoms. The van der Waals surface area contributed by atoms with Gasteiger partial charge in [0.1, 0.15) is 0 Å². The van der Waals surface area contributed by atoms with Gasteiger partial charge in [0.2, 0.25) is 5.88 Å². The Morgan fingerprint density at radius 3 is 2.67 bits per heavy atom. The molecule has 8 heteroatoms. The van der Waals surface area contributed by atoms with Crippen LogP contribution in [0.1, 0.15) is 16.0 Å². The smallest absolute Gasteiger partial charge is 0.416 e. The minimum atomic E-state index is -4.50. The molecule has 0 amide bonds. The molecule has 1 aliphatic heterocycles. The molecular weight excluding hydrogens is 375 g/mol. The van der Waals surface area contributed by atoms with E-state index in [1.807, 2.05) is 24.3 Å². The maximum atomic E-state index is 13.0. The van der Waals surface area contributed by atoms with Crippen LogP contribution in [0, 0.1) is 5.41 Å². The van der Waals surface area contributed by atoms with Gasteiger partial charge < -0.3 is 5.11 Å². The normalized spacial score (nSPS) is 14.7. The Morgan fingerprint density at radius 2 is 1.89 bits per heavy atom. The number of alkyl halides is 3. The number of aromatic hydroxyl groups is 1. The van der Waals surface area contributed by atoms with Crippen molar-refractivity contribution in [2.24, 2.45) is 4.99 Å². The first kappa shape index (κ1) is 17.3. The summed E-state index contributed by atoms with van der Waals surface area (Å²) in [6.45, 7) is 0. The number of hydrogen-bond acceptors (Lipinski definition) is 4. The SMILES string of the molecule is N=c1sc(C=C2C=Nc3ccccc32)c(O)n1-c1cccc(C(F)(F)F)c1. The summed E-state index contributed by atoms with van der Waals surface area (Å²) in [5.41, 5.74) is 1.69. The van der Waals surface area contributed by atoms with Crippen molar-refractivity contribution in [3.8, 4) is 11.6 Å². The molecule has 0 unspecified atom stereocenters. The van der Waals surface area contributed by atoms with Crippen molar-refractivity contribution in [1.29, 1.82) is 5.41 Å². The summed E-state index contributed by atoms with van der Waals surface area (Å²) in [4.78, 5) is 4.57. The van der Waals surface area contributed by atoms with Gasteiger partial charge in [-0.3, -0.25) is 15.0 Å². The van der Waals surface area contributed by atoms with E-state index in [1.165, 1.54) is 12.1 Å². The van der Waals surface area contributed by atoms with Crippen molar-refractivity contribution in [1.82, 2.24) is 4.57 Å². The number of hydrogen-bond donors (Lipinski definition) is 2. The Kier molecular flexibility index (Phi) is 4.00. The van der Waals surface area contributed by atoms with Crippen LogP contribution in [-0.2, 0) is 6.18 Å². The number of aliphatic imine (C=N–C) groups is 1. The van der Waals surface area contributed by atoms with Crippen LogP contribution in [0.5, 0.6) is 5.88 Å². The molecule has 0 bridgehead atoms. The predicted molar refractivity (Wildman–Crippen MR) is 98.6 cm³/mol.